The highest BCUT2D eigenvalue weighted by Crippen LogP contribution is 2.25. The summed E-state index contributed by atoms with van der Waals surface area (Å²) in [4.78, 5) is 4.84. The summed E-state index contributed by atoms with van der Waals surface area (Å²) in [5, 5.41) is 8.59. The summed E-state index contributed by atoms with van der Waals surface area (Å²) in [6, 6.07) is 26.4. The van der Waals surface area contributed by atoms with E-state index in [1.807, 2.05) is 65.3 Å². The molecule has 2 aromatic heterocycles. The van der Waals surface area contributed by atoms with Crippen LogP contribution in [0, 0.1) is 0 Å². The molecule has 5 aromatic rings. The third-order valence-corrected chi connectivity index (χ3v) is 4.38. The van der Waals surface area contributed by atoms with Gasteiger partial charge >= 0.3 is 0 Å². The normalized spacial score (nSPS) is 11.4. The lowest BCUT2D eigenvalue weighted by molar-refractivity contribution is 0.559. The van der Waals surface area contributed by atoms with Crippen molar-refractivity contribution in [2.24, 2.45) is 0 Å². The monoisotopic (exact) mass is 325 g/mol. The van der Waals surface area contributed by atoms with Crippen LogP contribution in [0.2, 0.25) is 0 Å². The number of hydrogen-bond donors (Lipinski definition) is 0. The third-order valence-electron chi connectivity index (χ3n) is 4.38. The fourth-order valence-electron chi connectivity index (χ4n) is 3.18. The Hall–Kier alpha value is -3.47. The molecular formula is C20H15N5. The van der Waals surface area contributed by atoms with Crippen LogP contribution < -0.4 is 0 Å². The highest BCUT2D eigenvalue weighted by molar-refractivity contribution is 5.81. The Morgan fingerprint density at radius 1 is 0.680 bits per heavy atom. The lowest BCUT2D eigenvalue weighted by Crippen LogP contribution is -2.11. The van der Waals surface area contributed by atoms with Gasteiger partial charge in [0.25, 0.3) is 0 Å². The first kappa shape index (κ1) is 13.9. The van der Waals surface area contributed by atoms with Crippen LogP contribution in [0.5, 0.6) is 0 Å². The van der Waals surface area contributed by atoms with Crippen molar-refractivity contribution in [1.29, 1.82) is 0 Å². The van der Waals surface area contributed by atoms with Crippen molar-refractivity contribution >= 4 is 22.1 Å². The molecule has 0 saturated heterocycles. The summed E-state index contributed by atoms with van der Waals surface area (Å²) in [7, 11) is 0. The smallest absolute Gasteiger partial charge is 0.142 e. The minimum atomic E-state index is 0.561. The first-order valence-corrected chi connectivity index (χ1v) is 8.19. The second kappa shape index (κ2) is 5.56. The minimum Gasteiger partial charge on any atom is -0.303 e. The van der Waals surface area contributed by atoms with Crippen molar-refractivity contribution in [3.63, 3.8) is 0 Å². The van der Waals surface area contributed by atoms with Crippen molar-refractivity contribution < 1.29 is 0 Å². The minimum absolute atomic E-state index is 0.561. The van der Waals surface area contributed by atoms with Crippen LogP contribution in [0.15, 0.2) is 78.9 Å². The van der Waals surface area contributed by atoms with Crippen LogP contribution in [0.3, 0.4) is 0 Å². The van der Waals surface area contributed by atoms with Gasteiger partial charge in [-0.25, -0.2) is 9.67 Å². The zero-order valence-electron chi connectivity index (χ0n) is 13.4. The number of benzene rings is 3. The predicted molar refractivity (Wildman–Crippen MR) is 98.1 cm³/mol. The van der Waals surface area contributed by atoms with Gasteiger partial charge in [-0.05, 0) is 24.3 Å². The Morgan fingerprint density at radius 2 is 1.36 bits per heavy atom. The number of hydrogen-bond acceptors (Lipinski definition) is 3. The fraction of sp³-hybridized carbons (Fsp3) is 0.0500. The Morgan fingerprint density at radius 3 is 2.20 bits per heavy atom. The summed E-state index contributed by atoms with van der Waals surface area (Å²) in [5.41, 5.74) is 5.06. The standard InChI is InChI=1S/C20H15N5/c1-2-8-15(9-3-1)20-21-16-10-4-6-12-18(16)24(20)14-25-19-13-7-5-11-17(19)22-23-25/h1-13H,14H2. The largest absolute Gasteiger partial charge is 0.303 e. The maximum Gasteiger partial charge on any atom is 0.142 e. The lowest BCUT2D eigenvalue weighted by Gasteiger charge is -2.10. The van der Waals surface area contributed by atoms with Crippen molar-refractivity contribution in [2.75, 3.05) is 0 Å². The van der Waals surface area contributed by atoms with Gasteiger partial charge in [-0.1, -0.05) is 59.8 Å². The number of aromatic nitrogens is 5. The van der Waals surface area contributed by atoms with Gasteiger partial charge in [0.1, 0.15) is 18.0 Å². The SMILES string of the molecule is c1ccc(-c2nc3ccccc3n2Cn2nnc3ccccc32)cc1. The Kier molecular flexibility index (Phi) is 3.10. The van der Waals surface area contributed by atoms with E-state index in [2.05, 4.69) is 33.1 Å². The first-order valence-electron chi connectivity index (χ1n) is 8.19. The van der Waals surface area contributed by atoms with E-state index in [1.165, 1.54) is 0 Å². The molecule has 0 spiro atoms. The molecule has 3 aromatic carbocycles. The van der Waals surface area contributed by atoms with Gasteiger partial charge in [-0.2, -0.15) is 0 Å². The zero-order valence-corrected chi connectivity index (χ0v) is 13.4. The van der Waals surface area contributed by atoms with E-state index >= 15 is 0 Å². The Balaban J connectivity index is 1.72. The maximum absolute atomic E-state index is 4.84. The molecule has 0 bridgehead atoms. The van der Waals surface area contributed by atoms with Crippen molar-refractivity contribution in [1.82, 2.24) is 24.5 Å². The van der Waals surface area contributed by atoms with E-state index in [1.54, 1.807) is 0 Å². The average Bonchev–Trinajstić information content (AvgIpc) is 3.25. The average molecular weight is 325 g/mol. The van der Waals surface area contributed by atoms with Gasteiger partial charge in [-0.15, -0.1) is 5.10 Å². The number of para-hydroxylation sites is 3. The van der Waals surface area contributed by atoms with Crippen LogP contribution in [0.25, 0.3) is 33.5 Å². The molecule has 0 radical (unpaired) electrons. The van der Waals surface area contributed by atoms with Crippen LogP contribution in [0.4, 0.5) is 0 Å². The van der Waals surface area contributed by atoms with Crippen molar-refractivity contribution in [3.05, 3.63) is 78.9 Å². The fourth-order valence-corrected chi connectivity index (χ4v) is 3.18. The molecule has 0 N–H and O–H groups in total. The number of imidazole rings is 1. The van der Waals surface area contributed by atoms with E-state index in [9.17, 15) is 0 Å². The molecule has 0 aliphatic heterocycles. The molecule has 0 atom stereocenters. The van der Waals surface area contributed by atoms with E-state index in [-0.39, 0.29) is 0 Å². The number of rotatable bonds is 3. The van der Waals surface area contributed by atoms with Crippen LogP contribution >= 0.6 is 0 Å². The molecule has 25 heavy (non-hydrogen) atoms. The molecular weight excluding hydrogens is 310 g/mol. The lowest BCUT2D eigenvalue weighted by atomic mass is 10.2. The zero-order chi connectivity index (χ0) is 16.6. The molecule has 0 aliphatic rings. The molecule has 0 aliphatic carbocycles. The first-order chi connectivity index (χ1) is 12.4. The highest BCUT2D eigenvalue weighted by atomic mass is 15.5. The van der Waals surface area contributed by atoms with Gasteiger partial charge in [0.05, 0.1) is 16.6 Å². The van der Waals surface area contributed by atoms with E-state index in [0.717, 1.165) is 33.5 Å². The highest BCUT2D eigenvalue weighted by Gasteiger charge is 2.14. The third kappa shape index (κ3) is 2.29. The summed E-state index contributed by atoms with van der Waals surface area (Å²) in [5.74, 6) is 0.932. The van der Waals surface area contributed by atoms with E-state index in [0.29, 0.717) is 6.67 Å². The van der Waals surface area contributed by atoms with Crippen molar-refractivity contribution in [2.45, 2.75) is 6.67 Å². The number of fused-ring (bicyclic) bond motifs is 2. The second-order valence-electron chi connectivity index (χ2n) is 5.94. The summed E-state index contributed by atoms with van der Waals surface area (Å²) >= 11 is 0. The van der Waals surface area contributed by atoms with E-state index < -0.39 is 0 Å². The Labute approximate surface area is 144 Å². The van der Waals surface area contributed by atoms with Gasteiger partial charge in [0.2, 0.25) is 0 Å². The molecule has 0 amide bonds. The van der Waals surface area contributed by atoms with Gasteiger partial charge in [0, 0.05) is 5.56 Å². The topological polar surface area (TPSA) is 48.5 Å². The molecule has 5 heteroatoms. The number of nitrogens with zero attached hydrogens (tertiary/aromatic N) is 5. The van der Waals surface area contributed by atoms with Gasteiger partial charge in [-0.3, -0.25) is 0 Å². The predicted octanol–water partition coefficient (Wildman–Crippen LogP) is 3.95. The molecule has 2 heterocycles. The van der Waals surface area contributed by atoms with E-state index in [4.69, 9.17) is 4.98 Å². The summed E-state index contributed by atoms with van der Waals surface area (Å²) in [6.07, 6.45) is 0. The summed E-state index contributed by atoms with van der Waals surface area (Å²) in [6.45, 7) is 0.561. The molecule has 0 fully saturated rings. The van der Waals surface area contributed by atoms with Crippen LogP contribution in [-0.4, -0.2) is 24.5 Å². The Bertz CT molecular complexity index is 1170. The van der Waals surface area contributed by atoms with Crippen LogP contribution in [-0.2, 0) is 6.67 Å². The van der Waals surface area contributed by atoms with Gasteiger partial charge < -0.3 is 4.57 Å². The van der Waals surface area contributed by atoms with Crippen molar-refractivity contribution in [3.8, 4) is 11.4 Å². The maximum atomic E-state index is 4.84. The molecule has 5 nitrogen and oxygen atoms in total. The molecule has 120 valence electrons. The van der Waals surface area contributed by atoms with Crippen LogP contribution in [0.1, 0.15) is 0 Å². The molecule has 5 rings (SSSR count). The second-order valence-corrected chi connectivity index (χ2v) is 5.94. The van der Waals surface area contributed by atoms with Gasteiger partial charge in [0.15, 0.2) is 0 Å². The molecule has 0 unspecified atom stereocenters. The quantitative estimate of drug-likeness (QED) is 0.504. The summed E-state index contributed by atoms with van der Waals surface area (Å²) < 4.78 is 4.10. The molecule has 0 saturated carbocycles.